The van der Waals surface area contributed by atoms with Crippen molar-refractivity contribution in [1.29, 1.82) is 0 Å². The fourth-order valence-corrected chi connectivity index (χ4v) is 4.98. The Hall–Kier alpha value is -3.37. The molecule has 1 fully saturated rings. The van der Waals surface area contributed by atoms with Gasteiger partial charge in [-0.1, -0.05) is 45.0 Å². The molecule has 1 aliphatic rings. The van der Waals surface area contributed by atoms with Crippen molar-refractivity contribution >= 4 is 27.6 Å². The number of aryl methyl sites for hydroxylation is 2. The highest BCUT2D eigenvalue weighted by molar-refractivity contribution is 7.92. The summed E-state index contributed by atoms with van der Waals surface area (Å²) in [5.74, 6) is -4.77. The van der Waals surface area contributed by atoms with Crippen LogP contribution in [-0.2, 0) is 32.6 Å². The molecule has 1 heterocycles. The Morgan fingerprint density at radius 3 is 1.71 bits per heavy atom. The third kappa shape index (κ3) is 15.0. The molecule has 16 heteroatoms. The zero-order chi connectivity index (χ0) is 34.6. The van der Waals surface area contributed by atoms with E-state index >= 15 is 0 Å². The van der Waals surface area contributed by atoms with Crippen LogP contribution in [-0.4, -0.2) is 85.4 Å². The number of benzene rings is 2. The standard InChI is InChI=1S/C25H37N3O2S.2C2HF3O2/c1-5-22-8-10-24(11-9-22)31(29,30)26-25-18-23(7-6-21(25)4)19-28-16-14-27(15-17-28)13-12-20(2)3;2*3-2(4,5)1(6)7/h6-11,18,20,26H,5,12-17,19H2,1-4H3;2*(H,6,7). The van der Waals surface area contributed by atoms with E-state index in [0.29, 0.717) is 10.6 Å². The number of nitrogens with zero attached hydrogens (tertiary/aromatic N) is 2. The van der Waals surface area contributed by atoms with E-state index in [9.17, 15) is 34.8 Å². The first-order chi connectivity index (χ1) is 20.6. The predicted molar refractivity (Wildman–Crippen MR) is 156 cm³/mol. The maximum atomic E-state index is 12.9. The molecule has 254 valence electrons. The predicted octanol–water partition coefficient (Wildman–Crippen LogP) is 5.79. The summed E-state index contributed by atoms with van der Waals surface area (Å²) >= 11 is 0. The van der Waals surface area contributed by atoms with Gasteiger partial charge in [-0.15, -0.1) is 0 Å². The molecular formula is C29H39F6N3O6S. The number of hydrogen-bond donors (Lipinski definition) is 3. The highest BCUT2D eigenvalue weighted by Crippen LogP contribution is 2.23. The van der Waals surface area contributed by atoms with Gasteiger partial charge in [0.1, 0.15) is 0 Å². The molecule has 3 rings (SSSR count). The Bertz CT molecular complexity index is 1320. The summed E-state index contributed by atoms with van der Waals surface area (Å²) in [6.45, 7) is 14.9. The number of hydrogen-bond acceptors (Lipinski definition) is 6. The van der Waals surface area contributed by atoms with E-state index < -0.39 is 34.3 Å². The molecule has 2 aromatic rings. The maximum absolute atomic E-state index is 12.9. The molecule has 0 aromatic heterocycles. The van der Waals surface area contributed by atoms with Crippen LogP contribution in [0, 0.1) is 12.8 Å². The summed E-state index contributed by atoms with van der Waals surface area (Å²) in [5.41, 5.74) is 3.85. The largest absolute Gasteiger partial charge is 0.490 e. The van der Waals surface area contributed by atoms with E-state index in [0.717, 1.165) is 61.8 Å². The molecule has 2 aromatic carbocycles. The average Bonchev–Trinajstić information content (AvgIpc) is 2.94. The van der Waals surface area contributed by atoms with Crippen molar-refractivity contribution in [2.24, 2.45) is 5.92 Å². The third-order valence-corrected chi connectivity index (χ3v) is 7.95. The molecule has 1 saturated heterocycles. The molecule has 9 nitrogen and oxygen atoms in total. The number of carboxylic acids is 2. The molecule has 0 unspecified atom stereocenters. The van der Waals surface area contributed by atoms with Crippen LogP contribution < -0.4 is 4.72 Å². The van der Waals surface area contributed by atoms with Gasteiger partial charge in [0.2, 0.25) is 0 Å². The van der Waals surface area contributed by atoms with Crippen LogP contribution in [0.3, 0.4) is 0 Å². The minimum absolute atomic E-state index is 0.298. The van der Waals surface area contributed by atoms with Crippen LogP contribution in [0.1, 0.15) is 43.9 Å². The van der Waals surface area contributed by atoms with E-state index in [-0.39, 0.29) is 0 Å². The van der Waals surface area contributed by atoms with Crippen molar-refractivity contribution in [2.45, 2.75) is 64.3 Å². The first-order valence-corrected chi connectivity index (χ1v) is 15.4. The highest BCUT2D eigenvalue weighted by Gasteiger charge is 2.38. The summed E-state index contributed by atoms with van der Waals surface area (Å²) in [4.78, 5) is 23.1. The lowest BCUT2D eigenvalue weighted by Crippen LogP contribution is -2.46. The van der Waals surface area contributed by atoms with E-state index in [1.54, 1.807) is 12.1 Å². The molecule has 0 radical (unpaired) electrons. The van der Waals surface area contributed by atoms with Crippen molar-refractivity contribution in [3.8, 4) is 0 Å². The lowest BCUT2D eigenvalue weighted by molar-refractivity contribution is -0.193. The van der Waals surface area contributed by atoms with Crippen molar-refractivity contribution < 1.29 is 54.6 Å². The molecule has 0 saturated carbocycles. The van der Waals surface area contributed by atoms with E-state index in [2.05, 4.69) is 41.4 Å². The van der Waals surface area contributed by atoms with Crippen LogP contribution in [0.5, 0.6) is 0 Å². The van der Waals surface area contributed by atoms with E-state index in [4.69, 9.17) is 19.8 Å². The van der Waals surface area contributed by atoms with Gasteiger partial charge in [-0.25, -0.2) is 18.0 Å². The minimum Gasteiger partial charge on any atom is -0.475 e. The molecule has 3 N–H and O–H groups in total. The number of nitrogens with one attached hydrogen (secondary N) is 1. The van der Waals surface area contributed by atoms with Gasteiger partial charge in [0.15, 0.2) is 0 Å². The number of piperazine rings is 1. The number of aliphatic carboxylic acids is 2. The molecule has 45 heavy (non-hydrogen) atoms. The number of halogens is 6. The summed E-state index contributed by atoms with van der Waals surface area (Å²) < 4.78 is 92.0. The monoisotopic (exact) mass is 671 g/mol. The summed E-state index contributed by atoms with van der Waals surface area (Å²) in [5, 5.41) is 14.2. The fourth-order valence-electron chi connectivity index (χ4n) is 3.86. The van der Waals surface area contributed by atoms with E-state index in [1.807, 2.05) is 31.2 Å². The molecule has 1 aliphatic heterocycles. The number of anilines is 1. The molecule has 0 aliphatic carbocycles. The quantitative estimate of drug-likeness (QED) is 0.286. The second-order valence-corrected chi connectivity index (χ2v) is 12.3. The lowest BCUT2D eigenvalue weighted by atomic mass is 10.1. The van der Waals surface area contributed by atoms with Crippen molar-refractivity contribution in [3.63, 3.8) is 0 Å². The Labute approximate surface area is 258 Å². The lowest BCUT2D eigenvalue weighted by Gasteiger charge is -2.35. The zero-order valence-corrected chi connectivity index (χ0v) is 26.2. The molecule has 0 atom stereocenters. The van der Waals surface area contributed by atoms with Crippen molar-refractivity contribution in [1.82, 2.24) is 9.80 Å². The van der Waals surface area contributed by atoms with E-state index in [1.165, 1.54) is 13.0 Å². The Morgan fingerprint density at radius 1 is 0.844 bits per heavy atom. The molecule has 0 amide bonds. The van der Waals surface area contributed by atoms with Gasteiger partial charge < -0.3 is 15.1 Å². The van der Waals surface area contributed by atoms with Gasteiger partial charge in [-0.05, 0) is 67.1 Å². The SMILES string of the molecule is CCc1ccc(S(=O)(=O)Nc2cc(CN3CCN(CCC(C)C)CC3)ccc2C)cc1.O=C(O)C(F)(F)F.O=C(O)C(F)(F)F. The van der Waals surface area contributed by atoms with Gasteiger partial charge in [0, 0.05) is 32.7 Å². The van der Waals surface area contributed by atoms with Crippen LogP contribution in [0.4, 0.5) is 32.0 Å². The van der Waals surface area contributed by atoms with Gasteiger partial charge in [0.05, 0.1) is 10.6 Å². The third-order valence-electron chi connectivity index (χ3n) is 6.57. The molecule has 0 bridgehead atoms. The van der Waals surface area contributed by atoms with Gasteiger partial charge in [0.25, 0.3) is 10.0 Å². The Morgan fingerprint density at radius 2 is 1.29 bits per heavy atom. The van der Waals surface area contributed by atoms with Gasteiger partial charge in [-0.2, -0.15) is 26.3 Å². The smallest absolute Gasteiger partial charge is 0.475 e. The van der Waals surface area contributed by atoms with Crippen molar-refractivity contribution in [3.05, 3.63) is 59.2 Å². The summed E-state index contributed by atoms with van der Waals surface area (Å²) in [6.07, 6.45) is -8.02. The number of carbonyl (C=O) groups is 2. The Balaban J connectivity index is 0.000000601. The van der Waals surface area contributed by atoms with Crippen molar-refractivity contribution in [2.75, 3.05) is 37.4 Å². The highest BCUT2D eigenvalue weighted by atomic mass is 32.2. The van der Waals surface area contributed by atoms with Crippen LogP contribution in [0.25, 0.3) is 0 Å². The average molecular weight is 672 g/mol. The number of rotatable bonds is 9. The summed E-state index contributed by atoms with van der Waals surface area (Å²) in [6, 6.07) is 13.2. The maximum Gasteiger partial charge on any atom is 0.490 e. The first-order valence-electron chi connectivity index (χ1n) is 13.9. The second kappa shape index (κ2) is 17.4. The summed E-state index contributed by atoms with van der Waals surface area (Å²) in [7, 11) is -3.60. The molecular weight excluding hydrogens is 632 g/mol. The normalized spacial score (nSPS) is 14.6. The fraction of sp³-hybridized carbons (Fsp3) is 0.517. The number of alkyl halides is 6. The minimum atomic E-state index is -5.08. The molecule has 0 spiro atoms. The van der Waals surface area contributed by atoms with Crippen LogP contribution in [0.2, 0.25) is 0 Å². The van der Waals surface area contributed by atoms with Crippen LogP contribution >= 0.6 is 0 Å². The van der Waals surface area contributed by atoms with Gasteiger partial charge >= 0.3 is 24.3 Å². The Kier molecular flexibility index (Phi) is 15.3. The number of carboxylic acid groups (broad SMARTS) is 2. The van der Waals surface area contributed by atoms with Gasteiger partial charge in [-0.3, -0.25) is 9.62 Å². The first kappa shape index (κ1) is 39.7. The topological polar surface area (TPSA) is 127 Å². The number of sulfonamides is 1. The second-order valence-electron chi connectivity index (χ2n) is 10.7. The van der Waals surface area contributed by atoms with Crippen LogP contribution in [0.15, 0.2) is 47.4 Å². The zero-order valence-electron chi connectivity index (χ0n) is 25.4.